The first-order valence-electron chi connectivity index (χ1n) is 11.2. The van der Waals surface area contributed by atoms with Gasteiger partial charge in [0.05, 0.1) is 52.6 Å². The van der Waals surface area contributed by atoms with E-state index in [9.17, 15) is 14.7 Å². The first-order valence-corrected chi connectivity index (χ1v) is 12.0. The van der Waals surface area contributed by atoms with Crippen molar-refractivity contribution in [3.63, 3.8) is 0 Å². The van der Waals surface area contributed by atoms with E-state index < -0.39 is 0 Å². The molecule has 1 saturated heterocycles. The molecule has 11 heteroatoms. The molecule has 5 heterocycles. The molecular formula is C24H26N6O4S. The second kappa shape index (κ2) is 8.91. The van der Waals surface area contributed by atoms with Crippen LogP contribution in [0.3, 0.4) is 0 Å². The lowest BCUT2D eigenvalue weighted by Crippen LogP contribution is -2.54. The molecule has 3 N–H and O–H groups in total. The Morgan fingerprint density at radius 2 is 2.03 bits per heavy atom. The van der Waals surface area contributed by atoms with Crippen molar-refractivity contribution in [2.75, 3.05) is 30.3 Å². The number of carbonyl (C=O) groups excluding carboxylic acids is 2. The summed E-state index contributed by atoms with van der Waals surface area (Å²) in [5, 5.41) is 19.3. The molecule has 1 aliphatic heterocycles. The van der Waals surface area contributed by atoms with E-state index in [0.29, 0.717) is 45.5 Å². The number of rotatable bonds is 7. The van der Waals surface area contributed by atoms with Crippen LogP contribution in [0, 0.1) is 12.3 Å². The van der Waals surface area contributed by atoms with E-state index in [-0.39, 0.29) is 23.8 Å². The second-order valence-corrected chi connectivity index (χ2v) is 10.5. The van der Waals surface area contributed by atoms with Crippen molar-refractivity contribution < 1.29 is 19.1 Å². The number of aryl methyl sites for hydroxylation is 1. The van der Waals surface area contributed by atoms with Gasteiger partial charge in [0, 0.05) is 13.1 Å². The summed E-state index contributed by atoms with van der Waals surface area (Å²) in [6, 6.07) is 5.18. The van der Waals surface area contributed by atoms with Gasteiger partial charge in [-0.1, -0.05) is 13.8 Å². The molecule has 4 aromatic heterocycles. The molecule has 1 fully saturated rings. The third-order valence-corrected chi connectivity index (χ3v) is 6.92. The fraction of sp³-hybridized carbons (Fsp3) is 0.333. The van der Waals surface area contributed by atoms with Crippen LogP contribution in [0.5, 0.6) is 0 Å². The molecule has 10 nitrogen and oxygen atoms in total. The van der Waals surface area contributed by atoms with Crippen LogP contribution in [-0.4, -0.2) is 56.1 Å². The van der Waals surface area contributed by atoms with Crippen molar-refractivity contribution >= 4 is 39.4 Å². The number of fused-ring (bicyclic) bond motifs is 1. The highest BCUT2D eigenvalue weighted by atomic mass is 32.1. The van der Waals surface area contributed by atoms with Gasteiger partial charge >= 0.3 is 0 Å². The number of furan rings is 1. The average molecular weight is 495 g/mol. The zero-order valence-corrected chi connectivity index (χ0v) is 20.5. The van der Waals surface area contributed by atoms with Crippen LogP contribution in [0.2, 0.25) is 0 Å². The molecule has 2 amide bonds. The van der Waals surface area contributed by atoms with Gasteiger partial charge in [-0.05, 0) is 30.5 Å². The normalized spacial score (nSPS) is 15.2. The van der Waals surface area contributed by atoms with Gasteiger partial charge in [-0.2, -0.15) is 5.10 Å². The van der Waals surface area contributed by atoms with E-state index in [0.717, 1.165) is 18.0 Å². The number of nitrogens with one attached hydrogen (secondary N) is 2. The maximum atomic E-state index is 13.1. The summed E-state index contributed by atoms with van der Waals surface area (Å²) in [5.41, 5.74) is 2.32. The molecule has 182 valence electrons. The summed E-state index contributed by atoms with van der Waals surface area (Å²) in [6.07, 6.45) is 4.87. The van der Waals surface area contributed by atoms with Crippen molar-refractivity contribution in [3.05, 3.63) is 53.8 Å². The Labute approximate surface area is 205 Å². The average Bonchev–Trinajstić information content (AvgIpc) is 3.49. The lowest BCUT2D eigenvalue weighted by Gasteiger charge is -2.45. The molecule has 5 rings (SSSR count). The maximum absolute atomic E-state index is 13.1. The summed E-state index contributed by atoms with van der Waals surface area (Å²) in [7, 11) is 0. The summed E-state index contributed by atoms with van der Waals surface area (Å²) >= 11 is 1.36. The molecule has 1 aliphatic rings. The fourth-order valence-electron chi connectivity index (χ4n) is 4.25. The monoisotopic (exact) mass is 494 g/mol. The minimum atomic E-state index is -0.333. The number of hydrogen-bond acceptors (Lipinski definition) is 8. The van der Waals surface area contributed by atoms with Gasteiger partial charge in [0.25, 0.3) is 5.91 Å². The Morgan fingerprint density at radius 3 is 2.74 bits per heavy atom. The maximum Gasteiger partial charge on any atom is 0.260 e. The van der Waals surface area contributed by atoms with Gasteiger partial charge in [-0.15, -0.1) is 11.3 Å². The van der Waals surface area contributed by atoms with Crippen LogP contribution in [0.1, 0.15) is 35.7 Å². The number of likely N-dealkylation sites (tertiary alicyclic amines) is 1. The standard InChI is InChI=1S/C24H26N6O4S/c1-14-18(6-15(7-25-14)27-21(32)10-29-12-24(2,3)13-29)28-22(33)17-8-26-30-9-20(35-23(17)30)19-5-4-16(11-31)34-19/h4-9,31H,10-13H2,1-3H3,(H,27,32)(H,28,33). The van der Waals surface area contributed by atoms with Crippen molar-refractivity contribution in [1.82, 2.24) is 19.5 Å². The van der Waals surface area contributed by atoms with E-state index in [1.807, 2.05) is 0 Å². The number of amides is 2. The number of aliphatic hydroxyl groups excluding tert-OH is 1. The molecule has 0 atom stereocenters. The van der Waals surface area contributed by atoms with Crippen LogP contribution in [0.15, 0.2) is 41.2 Å². The van der Waals surface area contributed by atoms with Gasteiger partial charge in [0.15, 0.2) is 0 Å². The molecule has 0 saturated carbocycles. The van der Waals surface area contributed by atoms with Crippen LogP contribution in [-0.2, 0) is 11.4 Å². The molecule has 0 radical (unpaired) electrons. The van der Waals surface area contributed by atoms with Gasteiger partial charge in [0.1, 0.15) is 23.0 Å². The molecule has 0 bridgehead atoms. The van der Waals surface area contributed by atoms with E-state index in [1.54, 1.807) is 42.0 Å². The molecular weight excluding hydrogens is 468 g/mol. The lowest BCUT2D eigenvalue weighted by atomic mass is 9.84. The third-order valence-electron chi connectivity index (χ3n) is 5.79. The molecule has 0 unspecified atom stereocenters. The Hall–Kier alpha value is -3.54. The Morgan fingerprint density at radius 1 is 1.23 bits per heavy atom. The zero-order valence-electron chi connectivity index (χ0n) is 19.7. The van der Waals surface area contributed by atoms with E-state index in [1.165, 1.54) is 17.5 Å². The van der Waals surface area contributed by atoms with Crippen LogP contribution in [0.25, 0.3) is 15.5 Å². The van der Waals surface area contributed by atoms with Crippen molar-refractivity contribution in [3.8, 4) is 10.6 Å². The number of pyridine rings is 1. The topological polar surface area (TPSA) is 125 Å². The smallest absolute Gasteiger partial charge is 0.260 e. The predicted octanol–water partition coefficient (Wildman–Crippen LogP) is 3.38. The first kappa shape index (κ1) is 23.2. The summed E-state index contributed by atoms with van der Waals surface area (Å²) in [6.45, 7) is 8.06. The van der Waals surface area contributed by atoms with E-state index in [4.69, 9.17) is 4.42 Å². The summed E-state index contributed by atoms with van der Waals surface area (Å²) in [4.78, 5) is 33.4. The first-order chi connectivity index (χ1) is 16.7. The number of carbonyl (C=O) groups is 2. The van der Waals surface area contributed by atoms with E-state index in [2.05, 4.69) is 39.5 Å². The van der Waals surface area contributed by atoms with E-state index >= 15 is 0 Å². The van der Waals surface area contributed by atoms with Gasteiger partial charge in [-0.3, -0.25) is 19.5 Å². The predicted molar refractivity (Wildman–Crippen MR) is 132 cm³/mol. The molecule has 0 aromatic carbocycles. The number of hydrogen-bond donors (Lipinski definition) is 3. The zero-order chi connectivity index (χ0) is 24.7. The highest BCUT2D eigenvalue weighted by Gasteiger charge is 2.34. The SMILES string of the molecule is Cc1ncc(NC(=O)CN2CC(C)(C)C2)cc1NC(=O)c1cnn2cc(-c3ccc(CO)o3)sc12. The minimum Gasteiger partial charge on any atom is -0.458 e. The molecule has 0 aliphatic carbocycles. The number of anilines is 2. The number of aliphatic hydroxyl groups is 1. The summed E-state index contributed by atoms with van der Waals surface area (Å²) in [5.74, 6) is 0.615. The highest BCUT2D eigenvalue weighted by molar-refractivity contribution is 7.21. The minimum absolute atomic E-state index is 0.116. The van der Waals surface area contributed by atoms with Crippen LogP contribution in [0.4, 0.5) is 11.4 Å². The lowest BCUT2D eigenvalue weighted by molar-refractivity contribution is -0.120. The van der Waals surface area contributed by atoms with Gasteiger partial charge in [0.2, 0.25) is 5.91 Å². The van der Waals surface area contributed by atoms with Crippen molar-refractivity contribution in [2.45, 2.75) is 27.4 Å². The number of aromatic nitrogens is 3. The quantitative estimate of drug-likeness (QED) is 0.360. The van der Waals surface area contributed by atoms with Crippen molar-refractivity contribution in [1.29, 1.82) is 0 Å². The number of nitrogens with zero attached hydrogens (tertiary/aromatic N) is 4. The van der Waals surface area contributed by atoms with Gasteiger partial charge in [-0.25, -0.2) is 4.52 Å². The van der Waals surface area contributed by atoms with Crippen molar-refractivity contribution in [2.24, 2.45) is 5.41 Å². The van der Waals surface area contributed by atoms with Crippen LogP contribution < -0.4 is 10.6 Å². The Kier molecular flexibility index (Phi) is 5.91. The summed E-state index contributed by atoms with van der Waals surface area (Å²) < 4.78 is 7.21. The molecule has 4 aromatic rings. The number of thiazole rings is 1. The Bertz CT molecular complexity index is 1410. The largest absolute Gasteiger partial charge is 0.458 e. The highest BCUT2D eigenvalue weighted by Crippen LogP contribution is 2.32. The second-order valence-electron chi connectivity index (χ2n) is 9.50. The molecule has 0 spiro atoms. The van der Waals surface area contributed by atoms with Crippen LogP contribution >= 0.6 is 11.3 Å². The Balaban J connectivity index is 1.29. The fourth-order valence-corrected chi connectivity index (χ4v) is 5.27. The third kappa shape index (κ3) is 4.83. The molecule has 35 heavy (non-hydrogen) atoms. The van der Waals surface area contributed by atoms with Gasteiger partial charge < -0.3 is 20.2 Å².